The van der Waals surface area contributed by atoms with Gasteiger partial charge in [-0.2, -0.15) is 0 Å². The Labute approximate surface area is 132 Å². The fraction of sp³-hybridized carbons (Fsp3) is 0.333. The van der Waals surface area contributed by atoms with Gasteiger partial charge in [0.25, 0.3) is 0 Å². The first-order valence-corrected chi connectivity index (χ1v) is 7.15. The summed E-state index contributed by atoms with van der Waals surface area (Å²) in [5.41, 5.74) is 3.84. The summed E-state index contributed by atoms with van der Waals surface area (Å²) in [7, 11) is 4.25. The number of benzene rings is 2. The van der Waals surface area contributed by atoms with Gasteiger partial charge in [0, 0.05) is 12.0 Å². The first-order valence-electron chi connectivity index (χ1n) is 7.15. The molecule has 0 aliphatic heterocycles. The van der Waals surface area contributed by atoms with E-state index in [1.165, 1.54) is 17.2 Å². The van der Waals surface area contributed by atoms with Crippen LogP contribution in [0.3, 0.4) is 0 Å². The summed E-state index contributed by atoms with van der Waals surface area (Å²) in [6.07, 6.45) is 2.13. The highest BCUT2D eigenvalue weighted by atomic mass is 35.5. The van der Waals surface area contributed by atoms with Gasteiger partial charge in [0.2, 0.25) is 0 Å². The Balaban J connectivity index is 0.00000161. The normalized spacial score (nSPS) is 20.8. The summed E-state index contributed by atoms with van der Waals surface area (Å²) in [6.45, 7) is 0. The predicted octanol–water partition coefficient (Wildman–Crippen LogP) is 4.26. The lowest BCUT2D eigenvalue weighted by Crippen LogP contribution is -2.35. The molecule has 0 amide bonds. The van der Waals surface area contributed by atoms with Gasteiger partial charge in [0.1, 0.15) is 5.82 Å². The topological polar surface area (TPSA) is 3.24 Å². The summed E-state index contributed by atoms with van der Waals surface area (Å²) < 4.78 is 13.5. The van der Waals surface area contributed by atoms with Crippen LogP contribution in [0.2, 0.25) is 0 Å². The molecule has 3 rings (SSSR count). The van der Waals surface area contributed by atoms with Crippen molar-refractivity contribution in [2.75, 3.05) is 14.1 Å². The van der Waals surface area contributed by atoms with E-state index in [-0.39, 0.29) is 18.2 Å². The van der Waals surface area contributed by atoms with Crippen LogP contribution >= 0.6 is 12.4 Å². The SMILES string of the molecule is CN(C)[C@@H]1Cc2ccccc2[C@@H](c2cccc(F)c2)C1.Cl. The van der Waals surface area contributed by atoms with Gasteiger partial charge in [0.05, 0.1) is 0 Å². The largest absolute Gasteiger partial charge is 0.306 e. The van der Waals surface area contributed by atoms with Crippen molar-refractivity contribution in [3.8, 4) is 0 Å². The van der Waals surface area contributed by atoms with Gasteiger partial charge in [-0.15, -0.1) is 12.4 Å². The van der Waals surface area contributed by atoms with E-state index in [0.29, 0.717) is 12.0 Å². The lowest BCUT2D eigenvalue weighted by atomic mass is 9.76. The molecule has 0 unspecified atom stereocenters. The zero-order valence-corrected chi connectivity index (χ0v) is 13.2. The molecular weight excluding hydrogens is 285 g/mol. The average Bonchev–Trinajstić information content (AvgIpc) is 2.46. The van der Waals surface area contributed by atoms with E-state index in [9.17, 15) is 4.39 Å². The first kappa shape index (κ1) is 16.0. The van der Waals surface area contributed by atoms with Crippen LogP contribution < -0.4 is 0 Å². The van der Waals surface area contributed by atoms with E-state index in [1.807, 2.05) is 12.1 Å². The molecule has 1 nitrogen and oxygen atoms in total. The first-order chi connectivity index (χ1) is 9.65. The second kappa shape index (κ2) is 6.59. The monoisotopic (exact) mass is 305 g/mol. The molecule has 0 spiro atoms. The van der Waals surface area contributed by atoms with Crippen LogP contribution in [0, 0.1) is 5.82 Å². The summed E-state index contributed by atoms with van der Waals surface area (Å²) in [5.74, 6) is 0.148. The van der Waals surface area contributed by atoms with Gasteiger partial charge >= 0.3 is 0 Å². The number of hydrogen-bond acceptors (Lipinski definition) is 1. The van der Waals surface area contributed by atoms with Crippen LogP contribution in [0.4, 0.5) is 4.39 Å². The number of rotatable bonds is 2. The minimum absolute atomic E-state index is 0. The van der Waals surface area contributed by atoms with E-state index < -0.39 is 0 Å². The lowest BCUT2D eigenvalue weighted by molar-refractivity contribution is 0.258. The number of halogens is 2. The van der Waals surface area contributed by atoms with E-state index in [1.54, 1.807) is 6.07 Å². The molecule has 0 aromatic heterocycles. The molecule has 2 atom stereocenters. The van der Waals surface area contributed by atoms with Crippen molar-refractivity contribution >= 4 is 12.4 Å². The summed E-state index contributed by atoms with van der Waals surface area (Å²) in [4.78, 5) is 2.28. The maximum absolute atomic E-state index is 13.5. The van der Waals surface area contributed by atoms with Gasteiger partial charge in [-0.05, 0) is 55.8 Å². The van der Waals surface area contributed by atoms with Crippen LogP contribution in [0.15, 0.2) is 48.5 Å². The number of hydrogen-bond donors (Lipinski definition) is 0. The molecule has 0 saturated heterocycles. The molecule has 21 heavy (non-hydrogen) atoms. The molecule has 0 fully saturated rings. The van der Waals surface area contributed by atoms with Crippen molar-refractivity contribution in [2.24, 2.45) is 0 Å². The van der Waals surface area contributed by atoms with E-state index in [0.717, 1.165) is 18.4 Å². The zero-order chi connectivity index (χ0) is 14.1. The Hall–Kier alpha value is -1.38. The molecule has 0 heterocycles. The second-order valence-corrected chi connectivity index (χ2v) is 5.86. The molecule has 112 valence electrons. The highest BCUT2D eigenvalue weighted by Gasteiger charge is 2.28. The second-order valence-electron chi connectivity index (χ2n) is 5.86. The molecule has 2 aromatic rings. The molecule has 1 aliphatic rings. The lowest BCUT2D eigenvalue weighted by Gasteiger charge is -2.35. The minimum atomic E-state index is -0.146. The summed E-state index contributed by atoms with van der Waals surface area (Å²) >= 11 is 0. The molecule has 3 heteroatoms. The molecule has 0 saturated carbocycles. The minimum Gasteiger partial charge on any atom is -0.306 e. The molecule has 2 aromatic carbocycles. The van der Waals surface area contributed by atoms with Gasteiger partial charge < -0.3 is 4.90 Å². The third-order valence-corrected chi connectivity index (χ3v) is 4.38. The summed E-state index contributed by atoms with van der Waals surface area (Å²) in [5, 5.41) is 0. The van der Waals surface area contributed by atoms with Crippen molar-refractivity contribution in [1.29, 1.82) is 0 Å². The number of fused-ring (bicyclic) bond motifs is 1. The summed E-state index contributed by atoms with van der Waals surface area (Å²) in [6, 6.07) is 16.1. The molecule has 0 radical (unpaired) electrons. The number of likely N-dealkylation sites (N-methyl/N-ethyl adjacent to an activating group) is 1. The van der Waals surface area contributed by atoms with Crippen LogP contribution in [0.5, 0.6) is 0 Å². The average molecular weight is 306 g/mol. The Bertz CT molecular complexity index is 612. The van der Waals surface area contributed by atoms with Gasteiger partial charge in [-0.25, -0.2) is 4.39 Å². The third kappa shape index (κ3) is 3.28. The zero-order valence-electron chi connectivity index (χ0n) is 12.4. The fourth-order valence-electron chi connectivity index (χ4n) is 3.23. The van der Waals surface area contributed by atoms with Crippen LogP contribution in [0.1, 0.15) is 29.0 Å². The molecule has 1 aliphatic carbocycles. The van der Waals surface area contributed by atoms with Gasteiger partial charge in [-0.3, -0.25) is 0 Å². The quantitative estimate of drug-likeness (QED) is 0.801. The third-order valence-electron chi connectivity index (χ3n) is 4.38. The van der Waals surface area contributed by atoms with Crippen molar-refractivity contribution in [3.63, 3.8) is 0 Å². The van der Waals surface area contributed by atoms with Crippen LogP contribution in [0.25, 0.3) is 0 Å². The Morgan fingerprint density at radius 2 is 1.81 bits per heavy atom. The van der Waals surface area contributed by atoms with Crippen molar-refractivity contribution in [2.45, 2.75) is 24.8 Å². The maximum atomic E-state index is 13.5. The Kier molecular flexibility index (Phi) is 5.02. The van der Waals surface area contributed by atoms with Crippen molar-refractivity contribution in [3.05, 3.63) is 71.0 Å². The van der Waals surface area contributed by atoms with Gasteiger partial charge in [-0.1, -0.05) is 36.4 Å². The van der Waals surface area contributed by atoms with Gasteiger partial charge in [0.15, 0.2) is 0 Å². The highest BCUT2D eigenvalue weighted by molar-refractivity contribution is 5.85. The van der Waals surface area contributed by atoms with Crippen LogP contribution in [-0.4, -0.2) is 25.0 Å². The highest BCUT2D eigenvalue weighted by Crippen LogP contribution is 2.37. The van der Waals surface area contributed by atoms with E-state index >= 15 is 0 Å². The van der Waals surface area contributed by atoms with E-state index in [2.05, 4.69) is 43.3 Å². The fourth-order valence-corrected chi connectivity index (χ4v) is 3.23. The number of nitrogens with zero attached hydrogens (tertiary/aromatic N) is 1. The van der Waals surface area contributed by atoms with E-state index in [4.69, 9.17) is 0 Å². The smallest absolute Gasteiger partial charge is 0.123 e. The van der Waals surface area contributed by atoms with Crippen molar-refractivity contribution < 1.29 is 4.39 Å². The van der Waals surface area contributed by atoms with Crippen molar-refractivity contribution in [1.82, 2.24) is 4.90 Å². The Morgan fingerprint density at radius 1 is 1.05 bits per heavy atom. The molecule has 0 bridgehead atoms. The molecular formula is C18H21ClFN. The predicted molar refractivity (Wildman–Crippen MR) is 87.7 cm³/mol. The standard InChI is InChI=1S/C18H20FN.ClH/c1-20(2)16-11-14-6-3-4-9-17(14)18(12-16)13-7-5-8-15(19)10-13;/h3-10,16,18H,11-12H2,1-2H3;1H/t16-,18-;/m1./s1. The van der Waals surface area contributed by atoms with Crippen LogP contribution in [-0.2, 0) is 6.42 Å². The Morgan fingerprint density at radius 3 is 2.52 bits per heavy atom. The maximum Gasteiger partial charge on any atom is 0.123 e. The molecule has 0 N–H and O–H groups in total.